The predicted octanol–water partition coefficient (Wildman–Crippen LogP) is 3.94. The van der Waals surface area contributed by atoms with Crippen LogP contribution in [0.3, 0.4) is 0 Å². The monoisotopic (exact) mass is 424 g/mol. The molecule has 2 N–H and O–H groups in total. The summed E-state index contributed by atoms with van der Waals surface area (Å²) in [7, 11) is 0. The Kier molecular flexibility index (Phi) is 6.11. The van der Waals surface area contributed by atoms with E-state index >= 15 is 0 Å². The third kappa shape index (κ3) is 4.81. The topological polar surface area (TPSA) is 97.6 Å². The second-order valence-electron chi connectivity index (χ2n) is 8.73. The molecular weight excluding hydrogens is 396 g/mol. The lowest BCUT2D eigenvalue weighted by Crippen LogP contribution is -2.42. The Morgan fingerprint density at radius 2 is 2.03 bits per heavy atom. The number of benzene rings is 1. The molecule has 2 aliphatic rings. The van der Waals surface area contributed by atoms with Gasteiger partial charge in [-0.05, 0) is 80.7 Å². The van der Waals surface area contributed by atoms with Crippen LogP contribution in [0, 0.1) is 24.7 Å². The fourth-order valence-electron chi connectivity index (χ4n) is 5.00. The number of furan rings is 1. The Morgan fingerprint density at radius 1 is 1.19 bits per heavy atom. The van der Waals surface area contributed by atoms with Crippen molar-refractivity contribution in [3.63, 3.8) is 0 Å². The van der Waals surface area contributed by atoms with Gasteiger partial charge in [-0.1, -0.05) is 12.5 Å². The Labute approximate surface area is 181 Å². The van der Waals surface area contributed by atoms with Gasteiger partial charge in [0.1, 0.15) is 0 Å². The summed E-state index contributed by atoms with van der Waals surface area (Å²) in [5, 5.41) is 5.72. The predicted molar refractivity (Wildman–Crippen MR) is 115 cm³/mol. The van der Waals surface area contributed by atoms with Gasteiger partial charge in [-0.15, -0.1) is 0 Å². The number of nitrogens with one attached hydrogen (secondary N) is 2. The van der Waals surface area contributed by atoms with Crippen LogP contribution in [0.25, 0.3) is 0 Å². The van der Waals surface area contributed by atoms with Crippen molar-refractivity contribution in [3.05, 3.63) is 53.5 Å². The van der Waals surface area contributed by atoms with Crippen molar-refractivity contribution in [1.82, 2.24) is 5.32 Å². The van der Waals surface area contributed by atoms with Crippen molar-refractivity contribution in [2.75, 3.05) is 11.9 Å². The summed E-state index contributed by atoms with van der Waals surface area (Å²) in [6.45, 7) is 3.53. The maximum atomic E-state index is 12.4. The minimum Gasteiger partial charge on any atom is -0.459 e. The van der Waals surface area contributed by atoms with Crippen molar-refractivity contribution >= 4 is 23.5 Å². The number of ether oxygens (including phenoxy) is 1. The molecule has 164 valence electrons. The first kappa shape index (κ1) is 21.2. The van der Waals surface area contributed by atoms with Gasteiger partial charge >= 0.3 is 5.97 Å². The number of rotatable bonds is 7. The fourth-order valence-corrected chi connectivity index (χ4v) is 5.00. The lowest BCUT2D eigenvalue weighted by Gasteiger charge is -2.28. The molecule has 2 aromatic rings. The van der Waals surface area contributed by atoms with Gasteiger partial charge in [-0.25, -0.2) is 4.79 Å². The Bertz CT molecular complexity index is 968. The Hall–Kier alpha value is -3.09. The summed E-state index contributed by atoms with van der Waals surface area (Å²) in [6, 6.07) is 8.12. The number of carbonyl (C=O) groups is 3. The molecule has 0 unspecified atom stereocenters. The minimum atomic E-state index is -0.615. The van der Waals surface area contributed by atoms with E-state index in [2.05, 4.69) is 10.6 Å². The maximum Gasteiger partial charge on any atom is 0.338 e. The van der Waals surface area contributed by atoms with Crippen molar-refractivity contribution in [3.8, 4) is 0 Å². The second kappa shape index (κ2) is 8.96. The Balaban J connectivity index is 1.30. The van der Waals surface area contributed by atoms with Gasteiger partial charge in [0.15, 0.2) is 12.4 Å². The molecule has 4 rings (SSSR count). The number of carbonyl (C=O) groups excluding carboxylic acids is 3. The highest BCUT2D eigenvalue weighted by molar-refractivity contribution is 6.03. The van der Waals surface area contributed by atoms with E-state index < -0.39 is 11.9 Å². The molecule has 31 heavy (non-hydrogen) atoms. The number of fused-ring (bicyclic) bond motifs is 2. The molecule has 2 aliphatic carbocycles. The van der Waals surface area contributed by atoms with Crippen LogP contribution in [0.2, 0.25) is 0 Å². The Morgan fingerprint density at radius 3 is 2.71 bits per heavy atom. The molecule has 4 atom stereocenters. The summed E-state index contributed by atoms with van der Waals surface area (Å²) in [5.41, 5.74) is 1.52. The molecule has 0 saturated heterocycles. The minimum absolute atomic E-state index is 0.0873. The number of aryl methyl sites for hydroxylation is 1. The zero-order valence-corrected chi connectivity index (χ0v) is 17.9. The number of hydrogen-bond donors (Lipinski definition) is 2. The van der Waals surface area contributed by atoms with Crippen LogP contribution in [-0.4, -0.2) is 30.4 Å². The molecule has 2 bridgehead atoms. The molecule has 7 nitrogen and oxygen atoms in total. The molecule has 1 aromatic carbocycles. The van der Waals surface area contributed by atoms with Gasteiger partial charge < -0.3 is 19.8 Å². The average molecular weight is 424 g/mol. The number of anilines is 1. The molecule has 0 spiro atoms. The van der Waals surface area contributed by atoms with E-state index in [0.29, 0.717) is 17.5 Å². The first-order valence-electron chi connectivity index (χ1n) is 10.8. The van der Waals surface area contributed by atoms with E-state index in [9.17, 15) is 14.4 Å². The molecular formula is C24H28N2O5. The maximum absolute atomic E-state index is 12.4. The summed E-state index contributed by atoms with van der Waals surface area (Å²) in [4.78, 5) is 36.9. The zero-order valence-electron chi connectivity index (χ0n) is 17.9. The van der Waals surface area contributed by atoms with Gasteiger partial charge in [0, 0.05) is 11.7 Å². The zero-order chi connectivity index (χ0) is 22.0. The van der Waals surface area contributed by atoms with Crippen LogP contribution in [-0.2, 0) is 9.53 Å². The largest absolute Gasteiger partial charge is 0.459 e. The van der Waals surface area contributed by atoms with Gasteiger partial charge in [0.05, 0.1) is 11.8 Å². The molecule has 2 saturated carbocycles. The summed E-state index contributed by atoms with van der Waals surface area (Å²) in [5.74, 6) is 0.914. The molecule has 7 heteroatoms. The van der Waals surface area contributed by atoms with Crippen LogP contribution in [0.4, 0.5) is 5.69 Å². The van der Waals surface area contributed by atoms with Crippen molar-refractivity contribution < 1.29 is 23.5 Å². The third-order valence-corrected chi connectivity index (χ3v) is 6.62. The summed E-state index contributed by atoms with van der Waals surface area (Å²) >= 11 is 0. The molecule has 0 aliphatic heterocycles. The average Bonchev–Trinajstić information content (AvgIpc) is 3.51. The van der Waals surface area contributed by atoms with Gasteiger partial charge in [0.25, 0.3) is 11.8 Å². The van der Waals surface area contributed by atoms with Crippen molar-refractivity contribution in [1.29, 1.82) is 0 Å². The van der Waals surface area contributed by atoms with E-state index in [1.807, 2.05) is 13.8 Å². The van der Waals surface area contributed by atoms with E-state index in [-0.39, 0.29) is 29.9 Å². The summed E-state index contributed by atoms with van der Waals surface area (Å²) in [6.07, 6.45) is 6.46. The van der Waals surface area contributed by atoms with E-state index in [1.165, 1.54) is 38.0 Å². The number of amides is 2. The van der Waals surface area contributed by atoms with Crippen LogP contribution in [0.15, 0.2) is 41.0 Å². The third-order valence-electron chi connectivity index (χ3n) is 6.62. The van der Waals surface area contributed by atoms with Gasteiger partial charge in [-0.2, -0.15) is 0 Å². The second-order valence-corrected chi connectivity index (χ2v) is 8.73. The molecule has 1 heterocycles. The van der Waals surface area contributed by atoms with E-state index in [1.54, 1.807) is 24.3 Å². The fraction of sp³-hybridized carbons (Fsp3) is 0.458. The molecule has 1 aromatic heterocycles. The van der Waals surface area contributed by atoms with E-state index in [0.717, 1.165) is 11.5 Å². The smallest absolute Gasteiger partial charge is 0.338 e. The van der Waals surface area contributed by atoms with Gasteiger partial charge in [-0.3, -0.25) is 9.59 Å². The lowest BCUT2D eigenvalue weighted by atomic mass is 9.84. The lowest BCUT2D eigenvalue weighted by molar-refractivity contribution is -0.125. The van der Waals surface area contributed by atoms with Crippen LogP contribution >= 0.6 is 0 Å². The van der Waals surface area contributed by atoms with Gasteiger partial charge in [0.2, 0.25) is 0 Å². The van der Waals surface area contributed by atoms with Crippen LogP contribution in [0.1, 0.15) is 59.1 Å². The van der Waals surface area contributed by atoms with Crippen LogP contribution < -0.4 is 10.6 Å². The first-order valence-corrected chi connectivity index (χ1v) is 10.8. The van der Waals surface area contributed by atoms with Crippen molar-refractivity contribution in [2.24, 2.45) is 17.8 Å². The molecule has 0 radical (unpaired) electrons. The summed E-state index contributed by atoms with van der Waals surface area (Å²) < 4.78 is 10.3. The SMILES string of the molecule is Cc1ccc(C(=O)OCC(=O)N[C@H](C)[C@@H]2C[C@H]3CC[C@H]2C3)cc1NC(=O)c1ccco1. The first-order chi connectivity index (χ1) is 14.9. The highest BCUT2D eigenvalue weighted by Crippen LogP contribution is 2.49. The number of hydrogen-bond acceptors (Lipinski definition) is 5. The highest BCUT2D eigenvalue weighted by Gasteiger charge is 2.42. The normalized spacial score (nSPS) is 22.7. The molecule has 2 amide bonds. The quantitative estimate of drug-likeness (QED) is 0.656. The standard InChI is InChI=1S/C24H28N2O5/c1-14-5-7-18(12-20(14)26-23(28)21-4-3-9-30-21)24(29)31-13-22(27)25-15(2)19-11-16-6-8-17(19)10-16/h3-5,7,9,12,15-17,19H,6,8,10-11,13H2,1-2H3,(H,25,27)(H,26,28)/t15-,16+,17+,19+/m1/s1. The highest BCUT2D eigenvalue weighted by atomic mass is 16.5. The van der Waals surface area contributed by atoms with E-state index in [4.69, 9.17) is 9.15 Å². The van der Waals surface area contributed by atoms with Crippen molar-refractivity contribution in [2.45, 2.75) is 45.6 Å². The van der Waals surface area contributed by atoms with Crippen LogP contribution in [0.5, 0.6) is 0 Å². The number of esters is 1. The molecule has 2 fully saturated rings.